The summed E-state index contributed by atoms with van der Waals surface area (Å²) in [5.74, 6) is 5.54. The summed E-state index contributed by atoms with van der Waals surface area (Å²) in [6.45, 7) is 1.17. The zero-order valence-corrected chi connectivity index (χ0v) is 13.2. The highest BCUT2D eigenvalue weighted by atomic mass is 19.1. The van der Waals surface area contributed by atoms with Crippen molar-refractivity contribution in [1.82, 2.24) is 4.90 Å². The number of nitrogens with zero attached hydrogens (tertiary/aromatic N) is 1. The smallest absolute Gasteiger partial charge is 0.253 e. The molecule has 2 aromatic carbocycles. The van der Waals surface area contributed by atoms with Crippen molar-refractivity contribution < 1.29 is 14.3 Å². The Hall–Kier alpha value is -2.64. The van der Waals surface area contributed by atoms with Crippen LogP contribution in [0.25, 0.3) is 0 Å². The van der Waals surface area contributed by atoms with Crippen LogP contribution in [0.4, 0.5) is 4.39 Å². The molecule has 2 aromatic rings. The SMILES string of the molecule is O=C(c1ccc(C#Cc2cccc(F)c2)cc1)N1CCC(O)CC1. The Morgan fingerprint density at radius 2 is 1.71 bits per heavy atom. The lowest BCUT2D eigenvalue weighted by Gasteiger charge is -2.29. The number of piperidine rings is 1. The van der Waals surface area contributed by atoms with E-state index in [0.29, 0.717) is 37.1 Å². The second-order valence-electron chi connectivity index (χ2n) is 5.86. The summed E-state index contributed by atoms with van der Waals surface area (Å²) in [5, 5.41) is 9.51. The summed E-state index contributed by atoms with van der Waals surface area (Å²) in [6, 6.07) is 13.2. The van der Waals surface area contributed by atoms with E-state index in [1.165, 1.54) is 12.1 Å². The molecule has 1 fully saturated rings. The van der Waals surface area contributed by atoms with Gasteiger partial charge in [0.2, 0.25) is 0 Å². The number of carbonyl (C=O) groups excluding carboxylic acids is 1. The molecule has 3 rings (SSSR count). The molecule has 4 heteroatoms. The van der Waals surface area contributed by atoms with Crippen molar-refractivity contribution in [3.63, 3.8) is 0 Å². The van der Waals surface area contributed by atoms with Crippen LogP contribution in [0.3, 0.4) is 0 Å². The Labute approximate surface area is 140 Å². The Bertz CT molecular complexity index is 781. The van der Waals surface area contributed by atoms with Crippen LogP contribution >= 0.6 is 0 Å². The summed E-state index contributed by atoms with van der Waals surface area (Å²) < 4.78 is 13.1. The second kappa shape index (κ2) is 7.29. The van der Waals surface area contributed by atoms with E-state index in [1.807, 2.05) is 0 Å². The molecule has 1 aliphatic rings. The van der Waals surface area contributed by atoms with Crippen LogP contribution in [0.1, 0.15) is 34.3 Å². The third kappa shape index (κ3) is 4.01. The Balaban J connectivity index is 1.68. The summed E-state index contributed by atoms with van der Waals surface area (Å²) in [6.07, 6.45) is 0.959. The van der Waals surface area contributed by atoms with E-state index in [-0.39, 0.29) is 17.8 Å². The summed E-state index contributed by atoms with van der Waals surface area (Å²) in [5.41, 5.74) is 2.00. The number of benzene rings is 2. The standard InChI is InChI=1S/C20H18FNO2/c21-18-3-1-2-16(14-18)5-4-15-6-8-17(9-7-15)20(24)22-12-10-19(23)11-13-22/h1-3,6-9,14,19,23H,10-13H2. The van der Waals surface area contributed by atoms with Gasteiger partial charge in [-0.3, -0.25) is 4.79 Å². The molecule has 0 aromatic heterocycles. The van der Waals surface area contributed by atoms with Crippen LogP contribution in [0.2, 0.25) is 0 Å². The molecule has 1 saturated heterocycles. The first-order valence-electron chi connectivity index (χ1n) is 7.97. The minimum absolute atomic E-state index is 0.0217. The number of hydrogen-bond acceptors (Lipinski definition) is 2. The number of amides is 1. The monoisotopic (exact) mass is 323 g/mol. The van der Waals surface area contributed by atoms with E-state index >= 15 is 0 Å². The number of aliphatic hydroxyl groups excluding tert-OH is 1. The van der Waals surface area contributed by atoms with E-state index in [2.05, 4.69) is 11.8 Å². The van der Waals surface area contributed by atoms with E-state index < -0.39 is 0 Å². The summed E-state index contributed by atoms with van der Waals surface area (Å²) in [4.78, 5) is 14.2. The lowest BCUT2D eigenvalue weighted by molar-refractivity contribution is 0.0546. The first-order chi connectivity index (χ1) is 11.6. The third-order valence-corrected chi connectivity index (χ3v) is 4.06. The van der Waals surface area contributed by atoms with E-state index in [9.17, 15) is 14.3 Å². The average Bonchev–Trinajstić information content (AvgIpc) is 2.61. The molecule has 0 aliphatic carbocycles. The van der Waals surface area contributed by atoms with Crippen LogP contribution in [0.15, 0.2) is 48.5 Å². The topological polar surface area (TPSA) is 40.5 Å². The molecular weight excluding hydrogens is 305 g/mol. The fourth-order valence-corrected chi connectivity index (χ4v) is 2.66. The number of carbonyl (C=O) groups is 1. The number of halogens is 1. The number of rotatable bonds is 1. The van der Waals surface area contributed by atoms with E-state index in [0.717, 1.165) is 5.56 Å². The molecule has 0 spiro atoms. The van der Waals surface area contributed by atoms with Gasteiger partial charge >= 0.3 is 0 Å². The first kappa shape index (κ1) is 16.2. The van der Waals surface area contributed by atoms with E-state index in [4.69, 9.17) is 0 Å². The molecule has 1 N–H and O–H groups in total. The van der Waals surface area contributed by atoms with Gasteiger partial charge in [0, 0.05) is 29.8 Å². The first-order valence-corrected chi connectivity index (χ1v) is 7.97. The zero-order chi connectivity index (χ0) is 16.9. The molecule has 1 aliphatic heterocycles. The second-order valence-corrected chi connectivity index (χ2v) is 5.86. The van der Waals surface area contributed by atoms with Gasteiger partial charge in [-0.05, 0) is 55.3 Å². The van der Waals surface area contributed by atoms with E-state index in [1.54, 1.807) is 41.3 Å². The van der Waals surface area contributed by atoms with Crippen molar-refractivity contribution in [1.29, 1.82) is 0 Å². The maximum Gasteiger partial charge on any atom is 0.253 e. The third-order valence-electron chi connectivity index (χ3n) is 4.06. The lowest BCUT2D eigenvalue weighted by Crippen LogP contribution is -2.40. The summed E-state index contributed by atoms with van der Waals surface area (Å²) >= 11 is 0. The van der Waals surface area contributed by atoms with Gasteiger partial charge < -0.3 is 10.0 Å². The van der Waals surface area contributed by atoms with Crippen molar-refractivity contribution in [2.75, 3.05) is 13.1 Å². The molecule has 0 radical (unpaired) electrons. The van der Waals surface area contributed by atoms with Gasteiger partial charge in [0.05, 0.1) is 6.10 Å². The molecule has 122 valence electrons. The number of aliphatic hydroxyl groups is 1. The predicted molar refractivity (Wildman–Crippen MR) is 90.0 cm³/mol. The Morgan fingerprint density at radius 1 is 1.04 bits per heavy atom. The average molecular weight is 323 g/mol. The molecule has 0 unspecified atom stereocenters. The van der Waals surface area contributed by atoms with Crippen LogP contribution in [-0.2, 0) is 0 Å². The Morgan fingerprint density at radius 3 is 2.38 bits per heavy atom. The van der Waals surface area contributed by atoms with Gasteiger partial charge in [-0.1, -0.05) is 17.9 Å². The Kier molecular flexibility index (Phi) is 4.93. The summed E-state index contributed by atoms with van der Waals surface area (Å²) in [7, 11) is 0. The fourth-order valence-electron chi connectivity index (χ4n) is 2.66. The minimum Gasteiger partial charge on any atom is -0.393 e. The normalized spacial score (nSPS) is 14.8. The molecule has 1 heterocycles. The lowest BCUT2D eigenvalue weighted by atomic mass is 10.1. The highest BCUT2D eigenvalue weighted by Crippen LogP contribution is 2.14. The van der Waals surface area contributed by atoms with Crippen LogP contribution in [0.5, 0.6) is 0 Å². The van der Waals surface area contributed by atoms with Crippen LogP contribution in [0, 0.1) is 17.7 Å². The molecule has 1 amide bonds. The van der Waals surface area contributed by atoms with Gasteiger partial charge in [-0.25, -0.2) is 4.39 Å². The highest BCUT2D eigenvalue weighted by molar-refractivity contribution is 5.94. The van der Waals surface area contributed by atoms with Crippen molar-refractivity contribution >= 4 is 5.91 Å². The van der Waals surface area contributed by atoms with Crippen LogP contribution in [-0.4, -0.2) is 35.1 Å². The molecule has 0 saturated carbocycles. The maximum atomic E-state index is 13.1. The zero-order valence-electron chi connectivity index (χ0n) is 13.2. The van der Waals surface area contributed by atoms with Crippen molar-refractivity contribution in [2.24, 2.45) is 0 Å². The van der Waals surface area contributed by atoms with Gasteiger partial charge in [0.1, 0.15) is 5.82 Å². The molecule has 24 heavy (non-hydrogen) atoms. The van der Waals surface area contributed by atoms with Gasteiger partial charge in [0.25, 0.3) is 5.91 Å². The van der Waals surface area contributed by atoms with Gasteiger partial charge in [-0.2, -0.15) is 0 Å². The van der Waals surface area contributed by atoms with Gasteiger partial charge in [0.15, 0.2) is 0 Å². The largest absolute Gasteiger partial charge is 0.393 e. The molecule has 0 bridgehead atoms. The molecular formula is C20H18FNO2. The fraction of sp³-hybridized carbons (Fsp3) is 0.250. The van der Waals surface area contributed by atoms with Gasteiger partial charge in [-0.15, -0.1) is 0 Å². The minimum atomic E-state index is -0.311. The molecule has 0 atom stereocenters. The van der Waals surface area contributed by atoms with Crippen molar-refractivity contribution in [2.45, 2.75) is 18.9 Å². The number of likely N-dealkylation sites (tertiary alicyclic amines) is 1. The molecule has 3 nitrogen and oxygen atoms in total. The highest BCUT2D eigenvalue weighted by Gasteiger charge is 2.21. The predicted octanol–water partition coefficient (Wildman–Crippen LogP) is 2.82. The van der Waals surface area contributed by atoms with Crippen molar-refractivity contribution in [3.8, 4) is 11.8 Å². The van der Waals surface area contributed by atoms with Crippen LogP contribution < -0.4 is 0 Å². The number of hydrogen-bond donors (Lipinski definition) is 1. The van der Waals surface area contributed by atoms with Crippen molar-refractivity contribution in [3.05, 3.63) is 71.0 Å². The quantitative estimate of drug-likeness (QED) is 0.820. The maximum absolute atomic E-state index is 13.1.